The molecular weight excluding hydrogens is 378 g/mol. The molecule has 1 heterocycles. The fraction of sp³-hybridized carbons (Fsp3) is 0.238. The van der Waals surface area contributed by atoms with Crippen LogP contribution in [-0.2, 0) is 17.8 Å². The van der Waals surface area contributed by atoms with Crippen LogP contribution >= 0.6 is 11.6 Å². The van der Waals surface area contributed by atoms with Crippen molar-refractivity contribution in [3.63, 3.8) is 0 Å². The van der Waals surface area contributed by atoms with Gasteiger partial charge < -0.3 is 14.8 Å². The lowest BCUT2D eigenvalue weighted by Gasteiger charge is -2.11. The summed E-state index contributed by atoms with van der Waals surface area (Å²) in [6.07, 6.45) is 2.61. The number of benzene rings is 2. The molecule has 1 amide bonds. The molecule has 1 aromatic heterocycles. The summed E-state index contributed by atoms with van der Waals surface area (Å²) in [6, 6.07) is 15.0. The number of carbonyl (C=O) groups is 1. The van der Waals surface area contributed by atoms with Gasteiger partial charge in [-0.2, -0.15) is 5.10 Å². The molecule has 0 aliphatic heterocycles. The number of ether oxygens (including phenoxy) is 2. The molecule has 0 saturated heterocycles. The number of nitrogens with zero attached hydrogens (tertiary/aromatic N) is 2. The second kappa shape index (κ2) is 9.28. The van der Waals surface area contributed by atoms with Crippen molar-refractivity contribution in [3.8, 4) is 11.5 Å². The van der Waals surface area contributed by atoms with Crippen LogP contribution in [0.5, 0.6) is 11.5 Å². The molecular formula is C21H22ClN3O3. The van der Waals surface area contributed by atoms with Crippen molar-refractivity contribution in [1.29, 1.82) is 0 Å². The molecule has 3 rings (SSSR count). The Balaban J connectivity index is 1.58. The van der Waals surface area contributed by atoms with Gasteiger partial charge in [-0.05, 0) is 41.8 Å². The summed E-state index contributed by atoms with van der Waals surface area (Å²) in [5.74, 6) is 1.91. The number of aromatic nitrogens is 2. The summed E-state index contributed by atoms with van der Waals surface area (Å²) in [4.78, 5) is 12.4. The second-order valence-corrected chi connectivity index (χ2v) is 6.67. The third-order valence-corrected chi connectivity index (χ3v) is 4.57. The minimum Gasteiger partial charge on any atom is -0.493 e. The topological polar surface area (TPSA) is 65.4 Å². The highest BCUT2D eigenvalue weighted by atomic mass is 35.5. The summed E-state index contributed by atoms with van der Waals surface area (Å²) in [7, 11) is 3.19. The van der Waals surface area contributed by atoms with Crippen molar-refractivity contribution in [3.05, 3.63) is 70.9 Å². The Labute approximate surface area is 169 Å². The molecule has 1 N–H and O–H groups in total. The molecule has 0 spiro atoms. The Kier molecular flexibility index (Phi) is 6.55. The number of amides is 1. The van der Waals surface area contributed by atoms with Crippen molar-refractivity contribution in [2.75, 3.05) is 19.5 Å². The summed E-state index contributed by atoms with van der Waals surface area (Å²) in [6.45, 7) is 0.551. The maximum Gasteiger partial charge on any atom is 0.225 e. The fourth-order valence-corrected chi connectivity index (χ4v) is 2.95. The molecule has 2 aromatic carbocycles. The SMILES string of the molecule is COc1ccc(CCC(=O)Nc2ccnn2Cc2ccc(Cl)cc2)cc1OC. The Morgan fingerprint density at radius 1 is 1.04 bits per heavy atom. The number of hydrogen-bond donors (Lipinski definition) is 1. The Morgan fingerprint density at radius 3 is 2.46 bits per heavy atom. The predicted octanol–water partition coefficient (Wildman–Crippen LogP) is 4.17. The zero-order chi connectivity index (χ0) is 19.9. The van der Waals surface area contributed by atoms with E-state index in [1.165, 1.54) is 0 Å². The van der Waals surface area contributed by atoms with Gasteiger partial charge in [0, 0.05) is 17.5 Å². The Morgan fingerprint density at radius 2 is 1.75 bits per heavy atom. The quantitative estimate of drug-likeness (QED) is 0.617. The first-order chi connectivity index (χ1) is 13.6. The average molecular weight is 400 g/mol. The highest BCUT2D eigenvalue weighted by molar-refractivity contribution is 6.30. The number of halogens is 1. The molecule has 6 nitrogen and oxygen atoms in total. The van der Waals surface area contributed by atoms with E-state index in [-0.39, 0.29) is 5.91 Å². The van der Waals surface area contributed by atoms with Gasteiger partial charge in [-0.3, -0.25) is 4.79 Å². The van der Waals surface area contributed by atoms with Crippen LogP contribution in [0.4, 0.5) is 5.82 Å². The summed E-state index contributed by atoms with van der Waals surface area (Å²) >= 11 is 5.92. The molecule has 0 aliphatic rings. The maximum absolute atomic E-state index is 12.4. The van der Waals surface area contributed by atoms with Crippen molar-refractivity contribution in [2.24, 2.45) is 0 Å². The third-order valence-electron chi connectivity index (χ3n) is 4.32. The van der Waals surface area contributed by atoms with E-state index in [0.29, 0.717) is 41.7 Å². The van der Waals surface area contributed by atoms with Gasteiger partial charge in [0.25, 0.3) is 0 Å². The number of methoxy groups -OCH3 is 2. The molecule has 0 radical (unpaired) electrons. The number of aryl methyl sites for hydroxylation is 1. The average Bonchev–Trinajstić information content (AvgIpc) is 3.14. The zero-order valence-corrected chi connectivity index (χ0v) is 16.6. The maximum atomic E-state index is 12.4. The minimum absolute atomic E-state index is 0.0763. The van der Waals surface area contributed by atoms with Crippen molar-refractivity contribution < 1.29 is 14.3 Å². The van der Waals surface area contributed by atoms with Crippen LogP contribution in [0.15, 0.2) is 54.7 Å². The van der Waals surface area contributed by atoms with Crippen LogP contribution in [0.25, 0.3) is 0 Å². The molecule has 7 heteroatoms. The molecule has 3 aromatic rings. The van der Waals surface area contributed by atoms with Crippen LogP contribution in [0.1, 0.15) is 17.5 Å². The lowest BCUT2D eigenvalue weighted by Crippen LogP contribution is -2.16. The van der Waals surface area contributed by atoms with Gasteiger partial charge in [0.2, 0.25) is 5.91 Å². The van der Waals surface area contributed by atoms with Crippen molar-refractivity contribution in [2.45, 2.75) is 19.4 Å². The first-order valence-corrected chi connectivity index (χ1v) is 9.24. The van der Waals surface area contributed by atoms with E-state index in [9.17, 15) is 4.79 Å². The monoisotopic (exact) mass is 399 g/mol. The number of nitrogens with one attached hydrogen (secondary N) is 1. The Bertz CT molecular complexity index is 938. The Hall–Kier alpha value is -2.99. The van der Waals surface area contributed by atoms with Crippen LogP contribution in [0, 0.1) is 0 Å². The predicted molar refractivity (Wildman–Crippen MR) is 109 cm³/mol. The zero-order valence-electron chi connectivity index (χ0n) is 15.8. The number of carbonyl (C=O) groups excluding carboxylic acids is 1. The van der Waals surface area contributed by atoms with Gasteiger partial charge >= 0.3 is 0 Å². The van der Waals surface area contributed by atoms with E-state index in [1.807, 2.05) is 42.5 Å². The van der Waals surface area contributed by atoms with Gasteiger partial charge in [0.15, 0.2) is 11.5 Å². The fourth-order valence-electron chi connectivity index (χ4n) is 2.83. The largest absolute Gasteiger partial charge is 0.493 e. The minimum atomic E-state index is -0.0763. The molecule has 146 valence electrons. The van der Waals surface area contributed by atoms with Crippen LogP contribution in [0.3, 0.4) is 0 Å². The lowest BCUT2D eigenvalue weighted by molar-refractivity contribution is -0.116. The molecule has 0 saturated carbocycles. The smallest absolute Gasteiger partial charge is 0.225 e. The van der Waals surface area contributed by atoms with Gasteiger partial charge in [-0.15, -0.1) is 0 Å². The van der Waals surface area contributed by atoms with Crippen LogP contribution in [-0.4, -0.2) is 29.9 Å². The highest BCUT2D eigenvalue weighted by Crippen LogP contribution is 2.28. The molecule has 0 atom stereocenters. The first-order valence-electron chi connectivity index (χ1n) is 8.86. The molecule has 0 bridgehead atoms. The van der Waals surface area contributed by atoms with Gasteiger partial charge in [0.05, 0.1) is 27.0 Å². The van der Waals surface area contributed by atoms with E-state index in [0.717, 1.165) is 11.1 Å². The highest BCUT2D eigenvalue weighted by Gasteiger charge is 2.10. The first kappa shape index (κ1) is 19.8. The molecule has 0 fully saturated rings. The summed E-state index contributed by atoms with van der Waals surface area (Å²) in [5, 5.41) is 7.90. The number of anilines is 1. The van der Waals surface area contributed by atoms with Gasteiger partial charge in [-0.1, -0.05) is 29.8 Å². The van der Waals surface area contributed by atoms with Crippen LogP contribution in [0.2, 0.25) is 5.02 Å². The summed E-state index contributed by atoms with van der Waals surface area (Å²) < 4.78 is 12.3. The standard InChI is InChI=1S/C21H22ClN3O3/c1-27-18-9-5-15(13-19(18)28-2)6-10-21(26)24-20-11-12-23-25(20)14-16-3-7-17(22)8-4-16/h3-5,7-9,11-13H,6,10,14H2,1-2H3,(H,24,26). The summed E-state index contributed by atoms with van der Waals surface area (Å²) in [5.41, 5.74) is 2.05. The van der Waals surface area contributed by atoms with Crippen molar-refractivity contribution in [1.82, 2.24) is 9.78 Å². The second-order valence-electron chi connectivity index (χ2n) is 6.24. The third kappa shape index (κ3) is 5.04. The van der Waals surface area contributed by atoms with Gasteiger partial charge in [-0.25, -0.2) is 4.68 Å². The molecule has 0 aliphatic carbocycles. The van der Waals surface area contributed by atoms with E-state index in [4.69, 9.17) is 21.1 Å². The number of rotatable bonds is 8. The van der Waals surface area contributed by atoms with E-state index in [1.54, 1.807) is 31.2 Å². The van der Waals surface area contributed by atoms with E-state index >= 15 is 0 Å². The van der Waals surface area contributed by atoms with Crippen molar-refractivity contribution >= 4 is 23.3 Å². The van der Waals surface area contributed by atoms with Gasteiger partial charge in [0.1, 0.15) is 5.82 Å². The molecule has 0 unspecified atom stereocenters. The molecule has 28 heavy (non-hydrogen) atoms. The normalized spacial score (nSPS) is 10.5. The van der Waals surface area contributed by atoms with E-state index in [2.05, 4.69) is 10.4 Å². The van der Waals surface area contributed by atoms with Crippen LogP contribution < -0.4 is 14.8 Å². The number of hydrogen-bond acceptors (Lipinski definition) is 4. The van der Waals surface area contributed by atoms with E-state index < -0.39 is 0 Å². The lowest BCUT2D eigenvalue weighted by atomic mass is 10.1.